The predicted molar refractivity (Wildman–Crippen MR) is 154 cm³/mol. The lowest BCUT2D eigenvalue weighted by atomic mass is 9.81. The Bertz CT molecular complexity index is 1540. The molecule has 0 radical (unpaired) electrons. The van der Waals surface area contributed by atoms with E-state index in [0.717, 1.165) is 27.8 Å². The highest BCUT2D eigenvalue weighted by Crippen LogP contribution is 2.42. The van der Waals surface area contributed by atoms with Gasteiger partial charge in [0.15, 0.2) is 18.9 Å². The van der Waals surface area contributed by atoms with Crippen LogP contribution in [-0.4, -0.2) is 34.2 Å². The molecule has 0 spiro atoms. The van der Waals surface area contributed by atoms with Crippen LogP contribution in [0.3, 0.4) is 0 Å². The Morgan fingerprint density at radius 2 is 0.975 bits per heavy atom. The van der Waals surface area contributed by atoms with Crippen LogP contribution in [0.4, 0.5) is 0 Å². The standard InChI is InChI=1S/C34H32O6/c1-19-9-25(16-35)32(38)28(12-19)22(4)24-7-5-23(6-8-24)15-29(30-13-20(2)10-26(17-36)33(30)39)31-14-21(3)11-27(18-37)34(31)40/h5-14,16-18,22,29,38-40H,15H2,1-4H3. The van der Waals surface area contributed by atoms with Crippen LogP contribution in [0.2, 0.25) is 0 Å². The van der Waals surface area contributed by atoms with Gasteiger partial charge in [-0.15, -0.1) is 0 Å². The molecule has 4 aromatic rings. The molecule has 0 aliphatic heterocycles. The van der Waals surface area contributed by atoms with E-state index in [9.17, 15) is 29.7 Å². The molecule has 0 aliphatic carbocycles. The summed E-state index contributed by atoms with van der Waals surface area (Å²) in [7, 11) is 0. The van der Waals surface area contributed by atoms with Crippen molar-refractivity contribution in [3.05, 3.63) is 122 Å². The van der Waals surface area contributed by atoms with Gasteiger partial charge in [-0.25, -0.2) is 0 Å². The molecule has 4 aromatic carbocycles. The summed E-state index contributed by atoms with van der Waals surface area (Å²) in [5.41, 5.74) is 6.42. The van der Waals surface area contributed by atoms with Gasteiger partial charge >= 0.3 is 0 Å². The topological polar surface area (TPSA) is 112 Å². The van der Waals surface area contributed by atoms with Gasteiger partial charge in [0.1, 0.15) is 17.2 Å². The third kappa shape index (κ3) is 5.52. The predicted octanol–water partition coefficient (Wildman–Crippen LogP) is 6.69. The van der Waals surface area contributed by atoms with Crippen LogP contribution < -0.4 is 0 Å². The summed E-state index contributed by atoms with van der Waals surface area (Å²) in [5, 5.41) is 32.7. The number of hydrogen-bond donors (Lipinski definition) is 3. The number of phenols is 3. The van der Waals surface area contributed by atoms with E-state index in [4.69, 9.17) is 0 Å². The SMILES string of the molecule is Cc1cc(C=O)c(O)c(C(C)c2ccc(CC(c3cc(C)cc(C=O)c3O)c3cc(C)cc(C=O)c3O)cc2)c1. The molecule has 1 unspecified atom stereocenters. The lowest BCUT2D eigenvalue weighted by Gasteiger charge is -2.23. The van der Waals surface area contributed by atoms with E-state index in [2.05, 4.69) is 0 Å². The third-order valence-electron chi connectivity index (χ3n) is 7.46. The van der Waals surface area contributed by atoms with Gasteiger partial charge in [0, 0.05) is 28.5 Å². The number of hydrogen-bond acceptors (Lipinski definition) is 6. The molecule has 204 valence electrons. The Morgan fingerprint density at radius 1 is 0.600 bits per heavy atom. The zero-order valence-electron chi connectivity index (χ0n) is 22.9. The molecule has 4 rings (SSSR count). The van der Waals surface area contributed by atoms with Gasteiger partial charge in [-0.05, 0) is 73.2 Å². The van der Waals surface area contributed by atoms with E-state index in [-0.39, 0.29) is 39.9 Å². The van der Waals surface area contributed by atoms with E-state index >= 15 is 0 Å². The van der Waals surface area contributed by atoms with E-state index < -0.39 is 5.92 Å². The van der Waals surface area contributed by atoms with Gasteiger partial charge in [0.25, 0.3) is 0 Å². The highest BCUT2D eigenvalue weighted by molar-refractivity contribution is 5.83. The molecule has 40 heavy (non-hydrogen) atoms. The van der Waals surface area contributed by atoms with Gasteiger partial charge in [-0.2, -0.15) is 0 Å². The van der Waals surface area contributed by atoms with Crippen molar-refractivity contribution in [3.8, 4) is 17.2 Å². The summed E-state index contributed by atoms with van der Waals surface area (Å²) in [5.74, 6) is -1.10. The quantitative estimate of drug-likeness (QED) is 0.205. The van der Waals surface area contributed by atoms with Crippen molar-refractivity contribution in [1.29, 1.82) is 0 Å². The first-order valence-electron chi connectivity index (χ1n) is 13.0. The smallest absolute Gasteiger partial charge is 0.153 e. The molecule has 1 atom stereocenters. The van der Waals surface area contributed by atoms with Gasteiger partial charge in [0.2, 0.25) is 0 Å². The molecule has 0 saturated carbocycles. The molecule has 0 amide bonds. The summed E-state index contributed by atoms with van der Waals surface area (Å²) in [4.78, 5) is 34.8. The second kappa shape index (κ2) is 11.6. The van der Waals surface area contributed by atoms with Gasteiger partial charge in [0.05, 0.1) is 16.7 Å². The summed E-state index contributed by atoms with van der Waals surface area (Å²) in [6, 6.07) is 18.1. The minimum Gasteiger partial charge on any atom is -0.507 e. The molecule has 3 N–H and O–H groups in total. The zero-order chi connectivity index (χ0) is 29.1. The van der Waals surface area contributed by atoms with Gasteiger partial charge in [-0.1, -0.05) is 49.4 Å². The maximum Gasteiger partial charge on any atom is 0.153 e. The number of aromatic hydroxyl groups is 3. The highest BCUT2D eigenvalue weighted by Gasteiger charge is 2.25. The van der Waals surface area contributed by atoms with Crippen LogP contribution >= 0.6 is 0 Å². The first-order valence-corrected chi connectivity index (χ1v) is 13.0. The van der Waals surface area contributed by atoms with E-state index in [0.29, 0.717) is 42.0 Å². The van der Waals surface area contributed by atoms with Gasteiger partial charge < -0.3 is 15.3 Å². The van der Waals surface area contributed by atoms with E-state index in [1.807, 2.05) is 58.0 Å². The number of carbonyl (C=O) groups is 3. The molecule has 0 bridgehead atoms. The Kier molecular flexibility index (Phi) is 8.19. The number of rotatable bonds is 9. The third-order valence-corrected chi connectivity index (χ3v) is 7.46. The van der Waals surface area contributed by atoms with Gasteiger partial charge in [-0.3, -0.25) is 14.4 Å². The maximum atomic E-state index is 11.7. The molecular formula is C34H32O6. The average Bonchev–Trinajstić information content (AvgIpc) is 2.94. The highest BCUT2D eigenvalue weighted by atomic mass is 16.3. The van der Waals surface area contributed by atoms with Crippen LogP contribution in [0.15, 0.2) is 60.7 Å². The Balaban J connectivity index is 1.78. The van der Waals surface area contributed by atoms with Crippen LogP contribution in [0.5, 0.6) is 17.2 Å². The van der Waals surface area contributed by atoms with Crippen LogP contribution in [0.1, 0.15) is 94.3 Å². The Labute approximate surface area is 233 Å². The maximum absolute atomic E-state index is 11.7. The van der Waals surface area contributed by atoms with Crippen LogP contribution in [-0.2, 0) is 6.42 Å². The van der Waals surface area contributed by atoms with Crippen molar-refractivity contribution in [1.82, 2.24) is 0 Å². The van der Waals surface area contributed by atoms with Crippen molar-refractivity contribution < 1.29 is 29.7 Å². The summed E-state index contributed by atoms with van der Waals surface area (Å²) >= 11 is 0. The van der Waals surface area contributed by atoms with Crippen LogP contribution in [0.25, 0.3) is 0 Å². The lowest BCUT2D eigenvalue weighted by Crippen LogP contribution is -2.09. The molecule has 6 nitrogen and oxygen atoms in total. The number of carbonyl (C=O) groups excluding carboxylic acids is 3. The minimum absolute atomic E-state index is 0.0287. The molecule has 0 heterocycles. The Morgan fingerprint density at radius 3 is 1.38 bits per heavy atom. The van der Waals surface area contributed by atoms with E-state index in [1.54, 1.807) is 30.3 Å². The number of aldehydes is 3. The van der Waals surface area contributed by atoms with Crippen molar-refractivity contribution in [2.24, 2.45) is 0 Å². The lowest BCUT2D eigenvalue weighted by molar-refractivity contribution is 0.111. The second-order valence-electron chi connectivity index (χ2n) is 10.4. The first-order chi connectivity index (χ1) is 19.1. The first kappa shape index (κ1) is 28.3. The van der Waals surface area contributed by atoms with Crippen molar-refractivity contribution in [3.63, 3.8) is 0 Å². The average molecular weight is 537 g/mol. The number of aryl methyl sites for hydroxylation is 3. The molecule has 0 aromatic heterocycles. The molecule has 0 saturated heterocycles. The number of phenolic OH excluding ortho intramolecular Hbond substituents is 3. The van der Waals surface area contributed by atoms with Crippen LogP contribution in [0, 0.1) is 20.8 Å². The fourth-order valence-corrected chi connectivity index (χ4v) is 5.38. The summed E-state index contributed by atoms with van der Waals surface area (Å²) in [6.45, 7) is 7.48. The summed E-state index contributed by atoms with van der Waals surface area (Å²) in [6.07, 6.45) is 2.21. The van der Waals surface area contributed by atoms with Crippen molar-refractivity contribution in [2.45, 2.75) is 46.0 Å². The number of benzene rings is 4. The van der Waals surface area contributed by atoms with Crippen molar-refractivity contribution in [2.75, 3.05) is 0 Å². The second-order valence-corrected chi connectivity index (χ2v) is 10.4. The minimum atomic E-state index is -0.559. The fourth-order valence-electron chi connectivity index (χ4n) is 5.38. The summed E-state index contributed by atoms with van der Waals surface area (Å²) < 4.78 is 0. The molecular weight excluding hydrogens is 504 g/mol. The molecule has 0 aliphatic rings. The molecule has 6 heteroatoms. The zero-order valence-corrected chi connectivity index (χ0v) is 22.9. The van der Waals surface area contributed by atoms with E-state index in [1.165, 1.54) is 0 Å². The van der Waals surface area contributed by atoms with Crippen molar-refractivity contribution >= 4 is 18.9 Å². The Hall–Kier alpha value is -4.71. The fraction of sp³-hybridized carbons (Fsp3) is 0.206. The normalized spacial score (nSPS) is 11.8. The largest absolute Gasteiger partial charge is 0.507 e. The molecule has 0 fully saturated rings. The monoisotopic (exact) mass is 536 g/mol.